The molecule has 0 saturated carbocycles. The summed E-state index contributed by atoms with van der Waals surface area (Å²) in [5.41, 5.74) is 3.25. The molecule has 1 amide bonds. The lowest BCUT2D eigenvalue weighted by Gasteiger charge is -2.14. The van der Waals surface area contributed by atoms with E-state index in [2.05, 4.69) is 24.3 Å². The van der Waals surface area contributed by atoms with Gasteiger partial charge in [-0.3, -0.25) is 9.59 Å². The van der Waals surface area contributed by atoms with Crippen LogP contribution in [0.25, 0.3) is 16.6 Å². The van der Waals surface area contributed by atoms with Crippen LogP contribution in [0.4, 0.5) is 0 Å². The maximum atomic E-state index is 13.2. The lowest BCUT2D eigenvalue weighted by molar-refractivity contribution is 0.0952. The average Bonchev–Trinajstić information content (AvgIpc) is 3.26. The van der Waals surface area contributed by atoms with E-state index in [-0.39, 0.29) is 11.5 Å². The molecule has 0 atom stereocenters. The van der Waals surface area contributed by atoms with Gasteiger partial charge in [-0.1, -0.05) is 26.0 Å². The number of rotatable bonds is 7. The number of ether oxygens (including phenoxy) is 1. The van der Waals surface area contributed by atoms with E-state index in [1.165, 1.54) is 0 Å². The van der Waals surface area contributed by atoms with Crippen molar-refractivity contribution < 1.29 is 9.53 Å². The van der Waals surface area contributed by atoms with Crippen molar-refractivity contribution in [2.45, 2.75) is 26.8 Å². The maximum absolute atomic E-state index is 13.2. The van der Waals surface area contributed by atoms with Crippen molar-refractivity contribution in [2.75, 3.05) is 13.7 Å². The van der Waals surface area contributed by atoms with Gasteiger partial charge in [-0.25, -0.2) is 4.52 Å². The largest absolute Gasteiger partial charge is 0.497 e. The minimum atomic E-state index is -0.154. The van der Waals surface area contributed by atoms with Gasteiger partial charge in [0.25, 0.3) is 11.5 Å². The number of nitrogens with zero attached hydrogens (tertiary/aromatic N) is 3. The van der Waals surface area contributed by atoms with Crippen LogP contribution >= 0.6 is 0 Å². The molecule has 160 valence electrons. The number of hydrogen-bond acceptors (Lipinski definition) is 4. The number of methoxy groups -OCH3 is 1. The first-order valence-electron chi connectivity index (χ1n) is 10.4. The number of benzene rings is 2. The number of carbonyl (C=O) groups excluding carboxylic acids is 1. The molecule has 0 unspecified atom stereocenters. The molecular weight excluding hydrogens is 392 g/mol. The number of hydrogen-bond donors (Lipinski definition) is 1. The maximum Gasteiger partial charge on any atom is 0.277 e. The summed E-state index contributed by atoms with van der Waals surface area (Å²) in [6.07, 6.45) is 2.52. The van der Waals surface area contributed by atoms with Crippen molar-refractivity contribution in [3.05, 3.63) is 76.2 Å². The number of nitrogens with one attached hydrogen (secondary N) is 1. The zero-order valence-electron chi connectivity index (χ0n) is 18.0. The zero-order valence-corrected chi connectivity index (χ0v) is 18.0. The molecule has 4 aromatic rings. The van der Waals surface area contributed by atoms with Crippen LogP contribution < -0.4 is 15.6 Å². The number of aromatic nitrogens is 3. The Balaban J connectivity index is 1.78. The summed E-state index contributed by atoms with van der Waals surface area (Å²) in [5, 5.41) is 7.27. The van der Waals surface area contributed by atoms with E-state index >= 15 is 0 Å². The quantitative estimate of drug-likeness (QED) is 0.498. The van der Waals surface area contributed by atoms with Gasteiger partial charge in [0, 0.05) is 12.1 Å². The molecule has 4 rings (SSSR count). The smallest absolute Gasteiger partial charge is 0.277 e. The zero-order chi connectivity index (χ0) is 22.0. The van der Waals surface area contributed by atoms with E-state index in [0.717, 1.165) is 23.3 Å². The van der Waals surface area contributed by atoms with Crippen LogP contribution in [0.3, 0.4) is 0 Å². The summed E-state index contributed by atoms with van der Waals surface area (Å²) >= 11 is 0. The molecule has 2 aromatic carbocycles. The third-order valence-corrected chi connectivity index (χ3v) is 5.37. The highest BCUT2D eigenvalue weighted by atomic mass is 16.5. The van der Waals surface area contributed by atoms with E-state index < -0.39 is 0 Å². The summed E-state index contributed by atoms with van der Waals surface area (Å²) in [7, 11) is 1.62. The molecule has 0 aliphatic heterocycles. The van der Waals surface area contributed by atoms with Crippen LogP contribution in [0.15, 0.2) is 59.5 Å². The van der Waals surface area contributed by atoms with Crippen molar-refractivity contribution in [3.8, 4) is 5.75 Å². The standard InChI is InChI=1S/C24H26N4O3/c1-16(2)10-12-25-23(29)18-6-9-20-22(14-18)27(24(30)21-11-13-26-28(20)21)15-17-4-7-19(31-3)8-5-17/h4-9,11,13-14,16H,10,12,15H2,1-3H3,(H,25,29). The Labute approximate surface area is 180 Å². The molecular formula is C24H26N4O3. The Morgan fingerprint density at radius 3 is 2.55 bits per heavy atom. The predicted molar refractivity (Wildman–Crippen MR) is 121 cm³/mol. The van der Waals surface area contributed by atoms with Gasteiger partial charge >= 0.3 is 0 Å². The van der Waals surface area contributed by atoms with Crippen molar-refractivity contribution in [1.82, 2.24) is 19.5 Å². The molecule has 0 saturated heterocycles. The van der Waals surface area contributed by atoms with Crippen LogP contribution in [0, 0.1) is 5.92 Å². The van der Waals surface area contributed by atoms with Gasteiger partial charge in [-0.15, -0.1) is 0 Å². The second kappa shape index (κ2) is 8.63. The van der Waals surface area contributed by atoms with Crippen LogP contribution in [0.5, 0.6) is 5.75 Å². The first-order valence-corrected chi connectivity index (χ1v) is 10.4. The molecule has 1 N–H and O–H groups in total. The molecule has 31 heavy (non-hydrogen) atoms. The highest BCUT2D eigenvalue weighted by Crippen LogP contribution is 2.19. The van der Waals surface area contributed by atoms with Crippen LogP contribution in [-0.4, -0.2) is 33.7 Å². The lowest BCUT2D eigenvalue weighted by Crippen LogP contribution is -2.26. The van der Waals surface area contributed by atoms with Gasteiger partial charge in [-0.2, -0.15) is 5.10 Å². The van der Waals surface area contributed by atoms with E-state index in [1.807, 2.05) is 30.3 Å². The predicted octanol–water partition coefficient (Wildman–Crippen LogP) is 3.48. The van der Waals surface area contributed by atoms with Gasteiger partial charge in [0.1, 0.15) is 11.3 Å². The summed E-state index contributed by atoms with van der Waals surface area (Å²) in [6.45, 7) is 5.23. The fourth-order valence-corrected chi connectivity index (χ4v) is 3.61. The molecule has 0 radical (unpaired) electrons. The Bertz CT molecular complexity index is 1290. The lowest BCUT2D eigenvalue weighted by atomic mass is 10.1. The summed E-state index contributed by atoms with van der Waals surface area (Å²) < 4.78 is 8.55. The summed E-state index contributed by atoms with van der Waals surface area (Å²) in [5.74, 6) is 1.12. The normalized spacial score (nSPS) is 11.4. The van der Waals surface area contributed by atoms with Crippen LogP contribution in [-0.2, 0) is 6.54 Å². The summed E-state index contributed by atoms with van der Waals surface area (Å²) in [6, 6.07) is 14.7. The van der Waals surface area contributed by atoms with Gasteiger partial charge < -0.3 is 14.6 Å². The molecule has 7 nitrogen and oxygen atoms in total. The van der Waals surface area contributed by atoms with Crippen molar-refractivity contribution >= 4 is 22.5 Å². The topological polar surface area (TPSA) is 77.6 Å². The van der Waals surface area contributed by atoms with E-state index in [4.69, 9.17) is 4.74 Å². The number of carbonyl (C=O) groups is 1. The molecule has 2 aromatic heterocycles. The van der Waals surface area contributed by atoms with Crippen LogP contribution in [0.1, 0.15) is 36.2 Å². The van der Waals surface area contributed by atoms with Gasteiger partial charge in [-0.05, 0) is 54.3 Å². The molecule has 0 spiro atoms. The minimum Gasteiger partial charge on any atom is -0.497 e. The van der Waals surface area contributed by atoms with Gasteiger partial charge in [0.05, 0.1) is 30.9 Å². The fraction of sp³-hybridized carbons (Fsp3) is 0.292. The van der Waals surface area contributed by atoms with Gasteiger partial charge in [0.2, 0.25) is 0 Å². The Kier molecular flexibility index (Phi) is 5.75. The molecule has 7 heteroatoms. The molecule has 0 bridgehead atoms. The third kappa shape index (κ3) is 4.17. The second-order valence-corrected chi connectivity index (χ2v) is 8.01. The van der Waals surface area contributed by atoms with Gasteiger partial charge in [0.15, 0.2) is 0 Å². The molecule has 2 heterocycles. The highest BCUT2D eigenvalue weighted by molar-refractivity contribution is 5.97. The Hall–Kier alpha value is -3.61. The molecule has 0 aliphatic rings. The van der Waals surface area contributed by atoms with E-state index in [9.17, 15) is 9.59 Å². The Morgan fingerprint density at radius 2 is 1.84 bits per heavy atom. The fourth-order valence-electron chi connectivity index (χ4n) is 3.61. The first kappa shape index (κ1) is 20.7. The molecule has 0 fully saturated rings. The molecule has 0 aliphatic carbocycles. The third-order valence-electron chi connectivity index (χ3n) is 5.37. The van der Waals surface area contributed by atoms with E-state index in [1.54, 1.807) is 40.6 Å². The Morgan fingerprint density at radius 1 is 1.06 bits per heavy atom. The second-order valence-electron chi connectivity index (χ2n) is 8.01. The van der Waals surface area contributed by atoms with E-state index in [0.29, 0.717) is 35.6 Å². The number of amides is 1. The van der Waals surface area contributed by atoms with Crippen LogP contribution in [0.2, 0.25) is 0 Å². The minimum absolute atomic E-state index is 0.147. The SMILES string of the molecule is COc1ccc(Cn2c(=O)c3ccnn3c3ccc(C(=O)NCCC(C)C)cc32)cc1. The summed E-state index contributed by atoms with van der Waals surface area (Å²) in [4.78, 5) is 25.9. The van der Waals surface area contributed by atoms with Crippen molar-refractivity contribution in [2.24, 2.45) is 5.92 Å². The van der Waals surface area contributed by atoms with Crippen molar-refractivity contribution in [1.29, 1.82) is 0 Å². The highest BCUT2D eigenvalue weighted by Gasteiger charge is 2.15. The monoisotopic (exact) mass is 418 g/mol. The first-order chi connectivity index (χ1) is 15.0. The number of fused-ring (bicyclic) bond motifs is 3. The average molecular weight is 418 g/mol. The van der Waals surface area contributed by atoms with Crippen molar-refractivity contribution in [3.63, 3.8) is 0 Å².